The average molecular weight is 338 g/mol. The fourth-order valence-electron chi connectivity index (χ4n) is 3.33. The van der Waals surface area contributed by atoms with Gasteiger partial charge in [-0.25, -0.2) is 0 Å². The zero-order valence-corrected chi connectivity index (χ0v) is 14.4. The Morgan fingerprint density at radius 2 is 1.84 bits per heavy atom. The first-order chi connectivity index (χ1) is 12.1. The zero-order valence-electron chi connectivity index (χ0n) is 14.4. The summed E-state index contributed by atoms with van der Waals surface area (Å²) in [7, 11) is 1.51. The number of hydrogen-bond donors (Lipinski definition) is 2. The number of methoxy groups -OCH3 is 1. The molecule has 0 fully saturated rings. The van der Waals surface area contributed by atoms with Crippen LogP contribution in [-0.2, 0) is 11.2 Å². The van der Waals surface area contributed by atoms with Crippen LogP contribution in [0.2, 0.25) is 0 Å². The molecule has 0 spiro atoms. The first kappa shape index (κ1) is 17.0. The Morgan fingerprint density at radius 1 is 1.12 bits per heavy atom. The molecule has 2 aromatic carbocycles. The van der Waals surface area contributed by atoms with Crippen molar-refractivity contribution in [3.05, 3.63) is 65.2 Å². The van der Waals surface area contributed by atoms with Gasteiger partial charge in [-0.1, -0.05) is 43.3 Å². The van der Waals surface area contributed by atoms with Crippen LogP contribution in [0.25, 0.3) is 0 Å². The van der Waals surface area contributed by atoms with Crippen molar-refractivity contribution >= 4 is 11.8 Å². The molecule has 25 heavy (non-hydrogen) atoms. The van der Waals surface area contributed by atoms with Crippen molar-refractivity contribution in [1.29, 1.82) is 0 Å². The fraction of sp³-hybridized carbons (Fsp3) is 0.300. The maximum absolute atomic E-state index is 12.3. The number of fused-ring (bicyclic) bond motifs is 1. The van der Waals surface area contributed by atoms with Gasteiger partial charge < -0.3 is 15.4 Å². The lowest BCUT2D eigenvalue weighted by atomic mass is 10.0. The van der Waals surface area contributed by atoms with Gasteiger partial charge in [-0.2, -0.15) is 0 Å². The molecule has 2 aromatic rings. The first-order valence-electron chi connectivity index (χ1n) is 8.38. The number of carbonyl (C=O) groups is 2. The number of ether oxygens (including phenoxy) is 1. The summed E-state index contributed by atoms with van der Waals surface area (Å²) in [6.45, 7) is 2.06. The molecule has 0 aliphatic heterocycles. The number of para-hydroxylation sites is 1. The summed E-state index contributed by atoms with van der Waals surface area (Å²) in [5, 5.41) is 5.69. The molecule has 1 aliphatic rings. The van der Waals surface area contributed by atoms with E-state index in [1.165, 1.54) is 18.2 Å². The van der Waals surface area contributed by atoms with Crippen LogP contribution in [0.3, 0.4) is 0 Å². The van der Waals surface area contributed by atoms with E-state index in [9.17, 15) is 9.59 Å². The predicted octanol–water partition coefficient (Wildman–Crippen LogP) is 2.47. The minimum absolute atomic E-state index is 0.00753. The summed E-state index contributed by atoms with van der Waals surface area (Å²) < 4.78 is 5.17. The van der Waals surface area contributed by atoms with Gasteiger partial charge in [-0.05, 0) is 35.6 Å². The number of benzene rings is 2. The van der Waals surface area contributed by atoms with Crippen molar-refractivity contribution in [2.75, 3.05) is 13.7 Å². The summed E-state index contributed by atoms with van der Waals surface area (Å²) >= 11 is 0. The lowest BCUT2D eigenvalue weighted by Gasteiger charge is -2.19. The van der Waals surface area contributed by atoms with Crippen molar-refractivity contribution in [2.24, 2.45) is 5.92 Å². The van der Waals surface area contributed by atoms with E-state index in [0.29, 0.717) is 17.2 Å². The molecular formula is C20H22N2O3. The molecule has 0 heterocycles. The highest BCUT2D eigenvalue weighted by Gasteiger charge is 2.30. The van der Waals surface area contributed by atoms with Gasteiger partial charge in [-0.3, -0.25) is 9.59 Å². The molecule has 3 rings (SSSR count). The Bertz CT molecular complexity index is 788. The van der Waals surface area contributed by atoms with Gasteiger partial charge in [-0.15, -0.1) is 0 Å². The van der Waals surface area contributed by atoms with Crippen molar-refractivity contribution in [3.8, 4) is 5.75 Å². The molecule has 0 aromatic heterocycles. The predicted molar refractivity (Wildman–Crippen MR) is 95.5 cm³/mol. The highest BCUT2D eigenvalue weighted by Crippen LogP contribution is 2.35. The molecule has 0 saturated carbocycles. The molecule has 0 radical (unpaired) electrons. The molecule has 2 amide bonds. The van der Waals surface area contributed by atoms with Gasteiger partial charge in [0.1, 0.15) is 5.75 Å². The maximum atomic E-state index is 12.3. The van der Waals surface area contributed by atoms with E-state index in [4.69, 9.17) is 4.74 Å². The minimum atomic E-state index is -0.326. The average Bonchev–Trinajstić information content (AvgIpc) is 2.95. The van der Waals surface area contributed by atoms with Gasteiger partial charge >= 0.3 is 0 Å². The van der Waals surface area contributed by atoms with Crippen molar-refractivity contribution in [1.82, 2.24) is 10.6 Å². The molecule has 0 saturated heterocycles. The van der Waals surface area contributed by atoms with Crippen LogP contribution in [0.15, 0.2) is 48.5 Å². The highest BCUT2D eigenvalue weighted by atomic mass is 16.5. The second kappa shape index (κ2) is 7.38. The fourth-order valence-corrected chi connectivity index (χ4v) is 3.33. The summed E-state index contributed by atoms with van der Waals surface area (Å²) in [4.78, 5) is 24.5. The van der Waals surface area contributed by atoms with E-state index in [0.717, 1.165) is 6.42 Å². The normalized spacial score (nSPS) is 18.3. The molecule has 2 atom stereocenters. The van der Waals surface area contributed by atoms with Crippen LogP contribution in [0.4, 0.5) is 0 Å². The van der Waals surface area contributed by atoms with Gasteiger partial charge in [0.2, 0.25) is 5.91 Å². The molecule has 0 unspecified atom stereocenters. The summed E-state index contributed by atoms with van der Waals surface area (Å²) in [6, 6.07) is 15.1. The number of amides is 2. The molecule has 1 aliphatic carbocycles. The third-order valence-electron chi connectivity index (χ3n) is 4.58. The summed E-state index contributed by atoms with van der Waals surface area (Å²) in [6.07, 6.45) is 0.953. The molecule has 5 heteroatoms. The Balaban J connectivity index is 1.59. The lowest BCUT2D eigenvalue weighted by Crippen LogP contribution is -2.39. The van der Waals surface area contributed by atoms with Crippen LogP contribution in [0.1, 0.15) is 34.5 Å². The summed E-state index contributed by atoms with van der Waals surface area (Å²) in [5.74, 6) is 0.300. The SMILES string of the molecule is COc1ccccc1C(=O)NCC(=O)N[C@H]1c2ccccc2C[C@@H]1C. The summed E-state index contributed by atoms with van der Waals surface area (Å²) in [5.41, 5.74) is 2.86. The van der Waals surface area contributed by atoms with Crippen molar-refractivity contribution < 1.29 is 14.3 Å². The van der Waals surface area contributed by atoms with Gasteiger partial charge in [0, 0.05) is 0 Å². The molecule has 2 N–H and O–H groups in total. The van der Waals surface area contributed by atoms with Crippen LogP contribution in [0, 0.1) is 5.92 Å². The molecular weight excluding hydrogens is 316 g/mol. The largest absolute Gasteiger partial charge is 0.496 e. The molecule has 130 valence electrons. The molecule has 0 bridgehead atoms. The van der Waals surface area contributed by atoms with E-state index in [2.05, 4.69) is 29.7 Å². The Labute approximate surface area is 147 Å². The topological polar surface area (TPSA) is 67.4 Å². The number of nitrogens with one attached hydrogen (secondary N) is 2. The third kappa shape index (κ3) is 3.65. The Hall–Kier alpha value is -2.82. The van der Waals surface area contributed by atoms with E-state index < -0.39 is 0 Å². The van der Waals surface area contributed by atoms with E-state index in [1.54, 1.807) is 24.3 Å². The van der Waals surface area contributed by atoms with E-state index in [1.807, 2.05) is 12.1 Å². The number of hydrogen-bond acceptors (Lipinski definition) is 3. The van der Waals surface area contributed by atoms with Crippen LogP contribution < -0.4 is 15.4 Å². The Morgan fingerprint density at radius 3 is 2.64 bits per heavy atom. The van der Waals surface area contributed by atoms with Crippen LogP contribution in [0.5, 0.6) is 5.75 Å². The lowest BCUT2D eigenvalue weighted by molar-refractivity contribution is -0.121. The standard InChI is InChI=1S/C20H22N2O3/c1-13-11-14-7-3-4-8-15(14)19(13)22-18(23)12-21-20(24)16-9-5-6-10-17(16)25-2/h3-10,13,19H,11-12H2,1-2H3,(H,21,24)(H,22,23)/t13-,19+/m0/s1. The quantitative estimate of drug-likeness (QED) is 0.880. The van der Waals surface area contributed by atoms with Crippen molar-refractivity contribution in [2.45, 2.75) is 19.4 Å². The minimum Gasteiger partial charge on any atom is -0.496 e. The Kier molecular flexibility index (Phi) is 5.03. The van der Waals surface area contributed by atoms with Crippen LogP contribution in [-0.4, -0.2) is 25.5 Å². The van der Waals surface area contributed by atoms with Gasteiger partial charge in [0.15, 0.2) is 0 Å². The van der Waals surface area contributed by atoms with Gasteiger partial charge in [0.25, 0.3) is 5.91 Å². The monoisotopic (exact) mass is 338 g/mol. The maximum Gasteiger partial charge on any atom is 0.255 e. The van der Waals surface area contributed by atoms with E-state index in [-0.39, 0.29) is 24.4 Å². The third-order valence-corrected chi connectivity index (χ3v) is 4.58. The number of carbonyl (C=O) groups excluding carboxylic acids is 2. The zero-order chi connectivity index (χ0) is 17.8. The van der Waals surface area contributed by atoms with E-state index >= 15 is 0 Å². The van der Waals surface area contributed by atoms with Crippen LogP contribution >= 0.6 is 0 Å². The molecule has 5 nitrogen and oxygen atoms in total. The van der Waals surface area contributed by atoms with Gasteiger partial charge in [0.05, 0.1) is 25.3 Å². The van der Waals surface area contributed by atoms with Crippen molar-refractivity contribution in [3.63, 3.8) is 0 Å². The highest BCUT2D eigenvalue weighted by molar-refractivity contribution is 5.98. The smallest absolute Gasteiger partial charge is 0.255 e. The first-order valence-corrected chi connectivity index (χ1v) is 8.38. The second-order valence-corrected chi connectivity index (χ2v) is 6.31. The number of rotatable bonds is 5. The second-order valence-electron chi connectivity index (χ2n) is 6.31.